The van der Waals surface area contributed by atoms with E-state index in [1.807, 2.05) is 42.2 Å². The number of halogens is 3. The van der Waals surface area contributed by atoms with E-state index in [0.29, 0.717) is 72.9 Å². The number of hydrogen-bond acceptors (Lipinski definition) is 12. The number of hydrogen-bond donors (Lipinski definition) is 5. The molecule has 324 valence electrons. The minimum atomic E-state index is -1.23. The number of rotatable bonds is 12. The topological polar surface area (TPSA) is 193 Å². The van der Waals surface area contributed by atoms with E-state index in [1.54, 1.807) is 36.6 Å². The van der Waals surface area contributed by atoms with E-state index in [4.69, 9.17) is 38.3 Å². The monoisotopic (exact) mass is 884 g/mol. The van der Waals surface area contributed by atoms with E-state index in [1.165, 1.54) is 6.07 Å². The van der Waals surface area contributed by atoms with Gasteiger partial charge in [-0.05, 0) is 74.2 Å². The molecule has 3 aliphatic heterocycles. The molecule has 3 aliphatic rings. The molecule has 5 N–H and O–H groups in total. The molecule has 3 saturated heterocycles. The van der Waals surface area contributed by atoms with Crippen LogP contribution in [0, 0.1) is 17.1 Å². The number of piperazine rings is 1. The molecule has 0 saturated carbocycles. The first kappa shape index (κ1) is 42.8. The van der Waals surface area contributed by atoms with Gasteiger partial charge in [0.2, 0.25) is 17.7 Å². The molecular formula is C44H47Cl2FN10O5. The summed E-state index contributed by atoms with van der Waals surface area (Å²) in [7, 11) is 1.66. The lowest BCUT2D eigenvalue weighted by molar-refractivity contribution is -0.138. The molecule has 3 aromatic heterocycles. The fourth-order valence-corrected chi connectivity index (χ4v) is 9.02. The normalized spacial score (nSPS) is 18.4. The number of imide groups is 1. The van der Waals surface area contributed by atoms with Crippen molar-refractivity contribution in [2.24, 2.45) is 5.92 Å². The van der Waals surface area contributed by atoms with Crippen LogP contribution < -0.4 is 25.2 Å². The Labute approximate surface area is 367 Å². The van der Waals surface area contributed by atoms with Gasteiger partial charge in [0.25, 0.3) is 0 Å². The zero-order valence-corrected chi connectivity index (χ0v) is 35.8. The number of aromatic nitrogens is 4. The van der Waals surface area contributed by atoms with Crippen LogP contribution in [0.4, 0.5) is 21.6 Å². The summed E-state index contributed by atoms with van der Waals surface area (Å²) < 4.78 is 21.9. The summed E-state index contributed by atoms with van der Waals surface area (Å²) in [5.41, 5.74) is 2.95. The highest BCUT2D eigenvalue weighted by atomic mass is 35.5. The van der Waals surface area contributed by atoms with Crippen molar-refractivity contribution in [1.82, 2.24) is 30.4 Å². The van der Waals surface area contributed by atoms with Crippen LogP contribution in [0.15, 0.2) is 61.1 Å². The van der Waals surface area contributed by atoms with Crippen molar-refractivity contribution in [1.29, 1.82) is 5.41 Å². The molecule has 0 radical (unpaired) electrons. The minimum absolute atomic E-state index is 0.0309. The predicted octanol–water partition coefficient (Wildman–Crippen LogP) is 6.01. The van der Waals surface area contributed by atoms with Gasteiger partial charge in [0.1, 0.15) is 29.2 Å². The van der Waals surface area contributed by atoms with Gasteiger partial charge in [0.05, 0.1) is 44.9 Å². The van der Waals surface area contributed by atoms with Crippen molar-refractivity contribution >= 4 is 74.7 Å². The van der Waals surface area contributed by atoms with Gasteiger partial charge < -0.3 is 35.3 Å². The van der Waals surface area contributed by atoms with Gasteiger partial charge >= 0.3 is 0 Å². The molecule has 3 fully saturated rings. The number of anilines is 3. The highest BCUT2D eigenvalue weighted by Crippen LogP contribution is 2.36. The largest absolute Gasteiger partial charge is 0.490 e. The van der Waals surface area contributed by atoms with E-state index < -0.39 is 23.2 Å². The lowest BCUT2D eigenvalue weighted by atomic mass is 9.86. The van der Waals surface area contributed by atoms with Crippen LogP contribution in [0.2, 0.25) is 10.0 Å². The number of piperidine rings is 2. The molecule has 2 atom stereocenters. The van der Waals surface area contributed by atoms with Crippen molar-refractivity contribution in [2.75, 3.05) is 61.4 Å². The summed E-state index contributed by atoms with van der Waals surface area (Å²) in [5.74, 6) is -1.02. The van der Waals surface area contributed by atoms with Crippen molar-refractivity contribution in [3.8, 4) is 17.0 Å². The molecule has 1 unspecified atom stereocenters. The summed E-state index contributed by atoms with van der Waals surface area (Å²) in [6, 6.07) is 12.5. The van der Waals surface area contributed by atoms with Crippen LogP contribution in [0.25, 0.3) is 22.2 Å². The first-order chi connectivity index (χ1) is 29.8. The van der Waals surface area contributed by atoms with Crippen LogP contribution in [0.1, 0.15) is 50.2 Å². The zero-order chi connectivity index (χ0) is 43.7. The lowest BCUT2D eigenvalue weighted by Gasteiger charge is -2.41. The zero-order valence-electron chi connectivity index (χ0n) is 34.3. The SMILES string of the molecule is CNc1cc(N2CCC(O)(CC(=O)N3CCN(c4ccc(-c5n[nH]c6ccc(O[C@H](C)Cc7c(Cl)cncc7Cl)cc56)cn4)CC3)CC2)c(F)cc1C(=N)C1CCC(=O)NC1=O. The smallest absolute Gasteiger partial charge is 0.235 e. The number of pyridine rings is 2. The van der Waals surface area contributed by atoms with Crippen molar-refractivity contribution in [2.45, 2.75) is 57.2 Å². The molecule has 8 rings (SSSR count). The standard InChI is InChI=1S/C44H47Cl2FN10O5/c1-25(17-29-32(45)23-50-24-33(29)46)62-27-4-6-35-31(18-27)42(54-53-35)26-3-7-38(51-22-26)56-13-15-57(16-14-56)40(59)21-44(61)9-11-55(12-10-44)37-20-36(49-2)30(19-34(37)47)41(48)28-5-8-39(58)52-43(28)60/h3-4,6-7,18-20,22-25,28,48-49,61H,5,8-17,21H2,1-2H3,(H,53,54)(H,52,58,60)/t25-,28?/m1/s1. The summed E-state index contributed by atoms with van der Waals surface area (Å²) in [6.07, 6.45) is 6.04. The summed E-state index contributed by atoms with van der Waals surface area (Å²) >= 11 is 12.7. The Hall–Kier alpha value is -5.84. The number of benzene rings is 2. The number of H-pyrrole nitrogens is 1. The maximum Gasteiger partial charge on any atom is 0.235 e. The molecule has 0 aliphatic carbocycles. The number of ether oxygens (including phenoxy) is 1. The van der Waals surface area contributed by atoms with Gasteiger partial charge in [-0.25, -0.2) is 9.37 Å². The predicted molar refractivity (Wildman–Crippen MR) is 236 cm³/mol. The third-order valence-electron chi connectivity index (χ3n) is 12.0. The number of nitrogens with zero attached hydrogens (tertiary/aromatic N) is 6. The number of aliphatic hydroxyl groups is 1. The molecule has 2 aromatic carbocycles. The highest BCUT2D eigenvalue weighted by Gasteiger charge is 2.38. The van der Waals surface area contributed by atoms with Gasteiger partial charge in [-0.1, -0.05) is 23.2 Å². The van der Waals surface area contributed by atoms with Crippen LogP contribution >= 0.6 is 23.2 Å². The van der Waals surface area contributed by atoms with Crippen LogP contribution in [0.3, 0.4) is 0 Å². The average molecular weight is 886 g/mol. The minimum Gasteiger partial charge on any atom is -0.490 e. The molecule has 5 aromatic rings. The average Bonchev–Trinajstić information content (AvgIpc) is 3.68. The van der Waals surface area contributed by atoms with Gasteiger partial charge in [-0.2, -0.15) is 5.10 Å². The number of carbonyl (C=O) groups excluding carboxylic acids is 3. The molecule has 18 heteroatoms. The van der Waals surface area contributed by atoms with Gasteiger partial charge in [-0.3, -0.25) is 29.8 Å². The Bertz CT molecular complexity index is 2500. The molecule has 0 bridgehead atoms. The Morgan fingerprint density at radius 1 is 1.03 bits per heavy atom. The Morgan fingerprint density at radius 3 is 2.45 bits per heavy atom. The number of nitrogens with one attached hydrogen (secondary N) is 4. The van der Waals surface area contributed by atoms with Crippen molar-refractivity contribution in [3.63, 3.8) is 0 Å². The van der Waals surface area contributed by atoms with E-state index >= 15 is 4.39 Å². The van der Waals surface area contributed by atoms with Crippen LogP contribution in [0.5, 0.6) is 5.75 Å². The molecule has 15 nitrogen and oxygen atoms in total. The Morgan fingerprint density at radius 2 is 1.77 bits per heavy atom. The van der Waals surface area contributed by atoms with Crippen LogP contribution in [-0.2, 0) is 20.8 Å². The lowest BCUT2D eigenvalue weighted by Crippen LogP contribution is -2.52. The van der Waals surface area contributed by atoms with Crippen molar-refractivity contribution in [3.05, 3.63) is 88.0 Å². The number of fused-ring (bicyclic) bond motifs is 1. The number of aromatic amines is 1. The van der Waals surface area contributed by atoms with E-state index in [2.05, 4.69) is 30.7 Å². The molecule has 6 heterocycles. The molecular weight excluding hydrogens is 838 g/mol. The first-order valence-electron chi connectivity index (χ1n) is 20.6. The third kappa shape index (κ3) is 9.03. The van der Waals surface area contributed by atoms with E-state index in [-0.39, 0.29) is 61.3 Å². The number of carbonyl (C=O) groups is 3. The maximum absolute atomic E-state index is 15.6. The summed E-state index contributed by atoms with van der Waals surface area (Å²) in [5, 5.41) is 35.0. The number of amides is 3. The van der Waals surface area contributed by atoms with Crippen molar-refractivity contribution < 1.29 is 28.6 Å². The maximum atomic E-state index is 15.6. The van der Waals surface area contributed by atoms with E-state index in [0.717, 1.165) is 33.5 Å². The molecule has 62 heavy (non-hydrogen) atoms. The highest BCUT2D eigenvalue weighted by molar-refractivity contribution is 6.35. The second kappa shape index (κ2) is 17.9. The second-order valence-corrected chi connectivity index (χ2v) is 17.0. The second-order valence-electron chi connectivity index (χ2n) is 16.2. The first-order valence-corrected chi connectivity index (χ1v) is 21.4. The fourth-order valence-electron chi connectivity index (χ4n) is 8.50. The van der Waals surface area contributed by atoms with E-state index in [9.17, 15) is 19.5 Å². The quantitative estimate of drug-likeness (QED) is 0.0729. The molecule has 3 amide bonds. The Balaban J connectivity index is 0.834. The Kier molecular flexibility index (Phi) is 12.3. The summed E-state index contributed by atoms with van der Waals surface area (Å²) in [4.78, 5) is 52.0. The van der Waals surface area contributed by atoms with Gasteiger partial charge in [-0.15, -0.1) is 0 Å². The van der Waals surface area contributed by atoms with Gasteiger partial charge in [0.15, 0.2) is 0 Å². The fraction of sp³-hybridized carbons (Fsp3) is 0.386. The van der Waals surface area contributed by atoms with Crippen LogP contribution in [-0.4, -0.2) is 112 Å². The van der Waals surface area contributed by atoms with Gasteiger partial charge in [0, 0.05) is 99.9 Å². The molecule has 0 spiro atoms. The third-order valence-corrected chi connectivity index (χ3v) is 12.7. The summed E-state index contributed by atoms with van der Waals surface area (Å²) in [6.45, 7) is 4.72.